The second-order valence-corrected chi connectivity index (χ2v) is 6.04. The first-order chi connectivity index (χ1) is 11.1. The van der Waals surface area contributed by atoms with E-state index in [0.29, 0.717) is 12.4 Å². The smallest absolute Gasteiger partial charge is 0.323 e. The van der Waals surface area contributed by atoms with Crippen LogP contribution in [0.4, 0.5) is 10.6 Å². The fraction of sp³-hybridized carbons (Fsp3) is 0.412. The number of nitrogens with one attached hydrogen (secondary N) is 1. The number of amides is 2. The van der Waals surface area contributed by atoms with Crippen molar-refractivity contribution in [1.29, 1.82) is 0 Å². The number of hydrogen-bond donors (Lipinski definition) is 2. The number of carbonyl (C=O) groups excluding carboxylic acids is 1. The first kappa shape index (κ1) is 15.6. The lowest BCUT2D eigenvalue weighted by Gasteiger charge is -2.36. The Hall–Kier alpha value is -2.34. The molecule has 1 atom stereocenters. The van der Waals surface area contributed by atoms with Crippen LogP contribution >= 0.6 is 0 Å². The van der Waals surface area contributed by atoms with E-state index >= 15 is 0 Å². The summed E-state index contributed by atoms with van der Waals surface area (Å²) in [5, 5.41) is 16.4. The first-order valence-corrected chi connectivity index (χ1v) is 7.83. The molecule has 1 aliphatic rings. The van der Waals surface area contributed by atoms with Crippen LogP contribution in [-0.2, 0) is 6.42 Å². The summed E-state index contributed by atoms with van der Waals surface area (Å²) in [6, 6.07) is 9.02. The van der Waals surface area contributed by atoms with E-state index in [-0.39, 0.29) is 24.6 Å². The third kappa shape index (κ3) is 3.07. The highest BCUT2D eigenvalue weighted by molar-refractivity contribution is 5.88. The summed E-state index contributed by atoms with van der Waals surface area (Å²) in [5.74, 6) is 1.33. The molecule has 0 spiro atoms. The van der Waals surface area contributed by atoms with Gasteiger partial charge < -0.3 is 14.5 Å². The second-order valence-electron chi connectivity index (χ2n) is 6.04. The van der Waals surface area contributed by atoms with Crippen LogP contribution in [0.2, 0.25) is 0 Å². The Kier molecular flexibility index (Phi) is 4.34. The van der Waals surface area contributed by atoms with E-state index < -0.39 is 0 Å². The lowest BCUT2D eigenvalue weighted by atomic mass is 9.93. The largest absolute Gasteiger partial charge is 0.394 e. The van der Waals surface area contributed by atoms with Gasteiger partial charge in [-0.25, -0.2) is 4.79 Å². The van der Waals surface area contributed by atoms with Crippen LogP contribution in [0.5, 0.6) is 0 Å². The second kappa shape index (κ2) is 6.42. The van der Waals surface area contributed by atoms with Crippen LogP contribution in [0.15, 0.2) is 34.9 Å². The van der Waals surface area contributed by atoms with E-state index in [4.69, 9.17) is 4.52 Å². The molecule has 0 saturated carbocycles. The molecule has 0 radical (unpaired) electrons. The van der Waals surface area contributed by atoms with Crippen molar-refractivity contribution in [2.75, 3.05) is 18.5 Å². The van der Waals surface area contributed by atoms with Crippen molar-refractivity contribution < 1.29 is 14.4 Å². The topological polar surface area (TPSA) is 78.6 Å². The molecule has 122 valence electrons. The van der Waals surface area contributed by atoms with Gasteiger partial charge >= 0.3 is 6.03 Å². The first-order valence-electron chi connectivity index (χ1n) is 7.83. The van der Waals surface area contributed by atoms with Gasteiger partial charge in [0.15, 0.2) is 5.82 Å². The third-order valence-electron chi connectivity index (χ3n) is 4.18. The molecule has 2 amide bonds. The van der Waals surface area contributed by atoms with Crippen molar-refractivity contribution in [2.24, 2.45) is 0 Å². The number of anilines is 1. The Morgan fingerprint density at radius 3 is 2.96 bits per heavy atom. The van der Waals surface area contributed by atoms with Crippen LogP contribution in [0.3, 0.4) is 0 Å². The van der Waals surface area contributed by atoms with Crippen molar-refractivity contribution in [1.82, 2.24) is 10.1 Å². The maximum Gasteiger partial charge on any atom is 0.323 e. The molecule has 0 aliphatic carbocycles. The van der Waals surface area contributed by atoms with E-state index in [0.717, 1.165) is 17.7 Å². The summed E-state index contributed by atoms with van der Waals surface area (Å²) >= 11 is 0. The normalized spacial score (nSPS) is 17.2. The van der Waals surface area contributed by atoms with Gasteiger partial charge in [0, 0.05) is 18.5 Å². The zero-order valence-electron chi connectivity index (χ0n) is 13.3. The fourth-order valence-corrected chi connectivity index (χ4v) is 2.89. The van der Waals surface area contributed by atoms with Crippen molar-refractivity contribution in [2.45, 2.75) is 32.2 Å². The molecule has 6 nitrogen and oxygen atoms in total. The molecule has 1 aromatic heterocycles. The van der Waals surface area contributed by atoms with Crippen LogP contribution in [-0.4, -0.2) is 34.3 Å². The van der Waals surface area contributed by atoms with E-state index in [1.54, 1.807) is 11.0 Å². The van der Waals surface area contributed by atoms with E-state index in [1.807, 2.05) is 38.1 Å². The number of aliphatic hydroxyl groups is 1. The Morgan fingerprint density at radius 2 is 2.26 bits per heavy atom. The Balaban J connectivity index is 1.76. The molecule has 6 heteroatoms. The highest BCUT2D eigenvalue weighted by atomic mass is 16.5. The minimum Gasteiger partial charge on any atom is -0.394 e. The maximum atomic E-state index is 12.5. The van der Waals surface area contributed by atoms with Gasteiger partial charge in [-0.05, 0) is 17.5 Å². The quantitative estimate of drug-likeness (QED) is 0.913. The van der Waals surface area contributed by atoms with Gasteiger partial charge in [-0.3, -0.25) is 5.32 Å². The van der Waals surface area contributed by atoms with Crippen molar-refractivity contribution in [3.8, 4) is 0 Å². The molecule has 1 unspecified atom stereocenters. The average Bonchev–Trinajstić information content (AvgIpc) is 3.02. The van der Waals surface area contributed by atoms with E-state index in [9.17, 15) is 9.90 Å². The number of nitrogens with zero attached hydrogens (tertiary/aromatic N) is 2. The average molecular weight is 315 g/mol. The lowest BCUT2D eigenvalue weighted by Crippen LogP contribution is -2.43. The number of rotatable bonds is 3. The highest BCUT2D eigenvalue weighted by Crippen LogP contribution is 2.30. The summed E-state index contributed by atoms with van der Waals surface area (Å²) in [6.45, 7) is 4.44. The molecule has 2 N–H and O–H groups in total. The van der Waals surface area contributed by atoms with Crippen molar-refractivity contribution >= 4 is 11.8 Å². The summed E-state index contributed by atoms with van der Waals surface area (Å²) in [7, 11) is 0. The van der Waals surface area contributed by atoms with Gasteiger partial charge in [-0.15, -0.1) is 0 Å². The summed E-state index contributed by atoms with van der Waals surface area (Å²) in [5.41, 5.74) is 2.18. The van der Waals surface area contributed by atoms with Gasteiger partial charge in [0.25, 0.3) is 0 Å². The number of aliphatic hydroxyl groups excluding tert-OH is 1. The minimum absolute atomic E-state index is 0.111. The number of carbonyl (C=O) groups is 1. The standard InChI is InChI=1S/C17H21N3O3/c1-11(2)15-9-16(19-23-15)18-17(22)20-8-7-12-5-3-4-6-13(12)14(20)10-21/h3-6,9,11,14,21H,7-8,10H2,1-2H3,(H,18,19,22). The van der Waals surface area contributed by atoms with Crippen LogP contribution in [0.25, 0.3) is 0 Å². The lowest BCUT2D eigenvalue weighted by molar-refractivity contribution is 0.135. The third-order valence-corrected chi connectivity index (χ3v) is 4.18. The fourth-order valence-electron chi connectivity index (χ4n) is 2.89. The molecule has 2 heterocycles. The number of urea groups is 1. The highest BCUT2D eigenvalue weighted by Gasteiger charge is 2.30. The Labute approximate surface area is 135 Å². The van der Waals surface area contributed by atoms with Crippen LogP contribution < -0.4 is 5.32 Å². The Morgan fingerprint density at radius 1 is 1.48 bits per heavy atom. The van der Waals surface area contributed by atoms with Gasteiger partial charge in [-0.2, -0.15) is 0 Å². The zero-order valence-corrected chi connectivity index (χ0v) is 13.3. The number of aromatic nitrogens is 1. The molecule has 0 fully saturated rings. The van der Waals surface area contributed by atoms with Gasteiger partial charge in [-0.1, -0.05) is 43.3 Å². The Bertz CT molecular complexity index is 696. The summed E-state index contributed by atoms with van der Waals surface area (Å²) in [4.78, 5) is 14.2. The molecule has 3 rings (SSSR count). The molecule has 23 heavy (non-hydrogen) atoms. The molecular weight excluding hydrogens is 294 g/mol. The van der Waals surface area contributed by atoms with Crippen molar-refractivity contribution in [3.63, 3.8) is 0 Å². The monoisotopic (exact) mass is 315 g/mol. The SMILES string of the molecule is CC(C)c1cc(NC(=O)N2CCc3ccccc3C2CO)no1. The predicted octanol–water partition coefficient (Wildman–Crippen LogP) is 2.92. The van der Waals surface area contributed by atoms with E-state index in [2.05, 4.69) is 10.5 Å². The molecule has 0 bridgehead atoms. The van der Waals surface area contributed by atoms with Gasteiger partial charge in [0.05, 0.1) is 12.6 Å². The number of hydrogen-bond acceptors (Lipinski definition) is 4. The molecule has 2 aromatic rings. The van der Waals surface area contributed by atoms with Crippen molar-refractivity contribution in [3.05, 3.63) is 47.2 Å². The summed E-state index contributed by atoms with van der Waals surface area (Å²) < 4.78 is 5.19. The zero-order chi connectivity index (χ0) is 16.4. The number of benzene rings is 1. The van der Waals surface area contributed by atoms with Gasteiger partial charge in [0.2, 0.25) is 0 Å². The summed E-state index contributed by atoms with van der Waals surface area (Å²) in [6.07, 6.45) is 0.774. The van der Waals surface area contributed by atoms with E-state index in [1.165, 1.54) is 5.56 Å². The molecule has 1 aromatic carbocycles. The molecule has 1 aliphatic heterocycles. The molecular formula is C17H21N3O3. The molecule has 0 saturated heterocycles. The number of fused-ring (bicyclic) bond motifs is 1. The van der Waals surface area contributed by atoms with Gasteiger partial charge in [0.1, 0.15) is 5.76 Å². The van der Waals surface area contributed by atoms with Crippen LogP contribution in [0.1, 0.15) is 42.7 Å². The minimum atomic E-state index is -0.337. The predicted molar refractivity (Wildman–Crippen MR) is 86.3 cm³/mol. The maximum absolute atomic E-state index is 12.5. The van der Waals surface area contributed by atoms with Crippen LogP contribution in [0, 0.1) is 0 Å².